The highest BCUT2D eigenvalue weighted by Crippen LogP contribution is 2.28. The number of carbonyl (C=O) groups is 1. The van der Waals surface area contributed by atoms with Crippen molar-refractivity contribution in [1.82, 2.24) is 0 Å². The Bertz CT molecular complexity index is 608. The number of rotatable bonds is 4. The van der Waals surface area contributed by atoms with Crippen molar-refractivity contribution in [3.63, 3.8) is 0 Å². The Morgan fingerprint density at radius 3 is 2.50 bits per heavy atom. The van der Waals surface area contributed by atoms with Gasteiger partial charge in [-0.1, -0.05) is 23.7 Å². The van der Waals surface area contributed by atoms with Gasteiger partial charge >= 0.3 is 5.97 Å². The zero-order valence-electron chi connectivity index (χ0n) is 11.4. The number of nitrogens with one attached hydrogen (secondary N) is 1. The molecule has 0 unspecified atom stereocenters. The lowest BCUT2D eigenvalue weighted by molar-refractivity contribution is 0.0527. The number of carbonyl (C=O) groups excluding carboxylic acids is 1. The maximum Gasteiger partial charge on any atom is 0.338 e. The van der Waals surface area contributed by atoms with E-state index in [1.807, 2.05) is 31.3 Å². The van der Waals surface area contributed by atoms with Crippen LogP contribution in [0.25, 0.3) is 11.1 Å². The molecule has 1 N–H and O–H groups in total. The molecule has 0 saturated heterocycles. The molecular weight excluding hydrogens is 274 g/mol. The van der Waals surface area contributed by atoms with Gasteiger partial charge in [0.15, 0.2) is 0 Å². The van der Waals surface area contributed by atoms with Gasteiger partial charge in [0, 0.05) is 17.8 Å². The summed E-state index contributed by atoms with van der Waals surface area (Å²) in [5.74, 6) is -0.319. The minimum absolute atomic E-state index is 0.319. The lowest BCUT2D eigenvalue weighted by atomic mass is 9.99. The predicted molar refractivity (Wildman–Crippen MR) is 82.4 cm³/mol. The summed E-state index contributed by atoms with van der Waals surface area (Å²) in [6.07, 6.45) is 0. The Morgan fingerprint density at radius 2 is 1.90 bits per heavy atom. The molecule has 0 aliphatic rings. The van der Waals surface area contributed by atoms with Crippen molar-refractivity contribution in [3.05, 3.63) is 53.1 Å². The lowest BCUT2D eigenvalue weighted by Crippen LogP contribution is -2.07. The van der Waals surface area contributed by atoms with Gasteiger partial charge in [0.2, 0.25) is 0 Å². The van der Waals surface area contributed by atoms with Crippen molar-refractivity contribution >= 4 is 23.3 Å². The maximum absolute atomic E-state index is 12.0. The minimum atomic E-state index is -0.319. The topological polar surface area (TPSA) is 38.3 Å². The molecule has 0 spiro atoms. The number of halogens is 1. The van der Waals surface area contributed by atoms with Gasteiger partial charge in [0.05, 0.1) is 12.2 Å². The average molecular weight is 290 g/mol. The quantitative estimate of drug-likeness (QED) is 0.856. The monoisotopic (exact) mass is 289 g/mol. The van der Waals surface area contributed by atoms with Crippen molar-refractivity contribution in [2.24, 2.45) is 0 Å². The number of benzene rings is 2. The number of anilines is 1. The van der Waals surface area contributed by atoms with Gasteiger partial charge in [0.25, 0.3) is 0 Å². The second-order valence-electron chi connectivity index (χ2n) is 4.24. The normalized spacial score (nSPS) is 10.2. The first kappa shape index (κ1) is 14.4. The molecule has 104 valence electrons. The third kappa shape index (κ3) is 3.11. The van der Waals surface area contributed by atoms with E-state index in [1.165, 1.54) is 0 Å². The Morgan fingerprint density at radius 1 is 1.20 bits per heavy atom. The molecule has 0 radical (unpaired) electrons. The van der Waals surface area contributed by atoms with Gasteiger partial charge in [0.1, 0.15) is 0 Å². The SMILES string of the molecule is CCOC(=O)c1ccc(NC)cc1-c1ccc(Cl)cc1. The zero-order chi connectivity index (χ0) is 14.5. The van der Waals surface area contributed by atoms with Crippen molar-refractivity contribution in [2.75, 3.05) is 19.0 Å². The predicted octanol–water partition coefficient (Wildman–Crippen LogP) is 4.23. The van der Waals surface area contributed by atoms with Gasteiger partial charge in [-0.2, -0.15) is 0 Å². The minimum Gasteiger partial charge on any atom is -0.462 e. The van der Waals surface area contributed by atoms with E-state index in [9.17, 15) is 4.79 Å². The molecule has 0 aliphatic carbocycles. The number of esters is 1. The van der Waals surface area contributed by atoms with E-state index >= 15 is 0 Å². The smallest absolute Gasteiger partial charge is 0.338 e. The Kier molecular flexibility index (Phi) is 4.64. The fraction of sp³-hybridized carbons (Fsp3) is 0.188. The Labute approximate surface area is 123 Å². The molecule has 2 aromatic rings. The summed E-state index contributed by atoms with van der Waals surface area (Å²) >= 11 is 5.91. The average Bonchev–Trinajstić information content (AvgIpc) is 2.47. The van der Waals surface area contributed by atoms with E-state index < -0.39 is 0 Å². The van der Waals surface area contributed by atoms with Crippen LogP contribution in [-0.4, -0.2) is 19.6 Å². The third-order valence-corrected chi connectivity index (χ3v) is 3.21. The van der Waals surface area contributed by atoms with Crippen LogP contribution in [-0.2, 0) is 4.74 Å². The largest absolute Gasteiger partial charge is 0.462 e. The molecule has 4 heteroatoms. The standard InChI is InChI=1S/C16H16ClNO2/c1-3-20-16(19)14-9-8-13(18-2)10-15(14)11-4-6-12(17)7-5-11/h4-10,18H,3H2,1-2H3. The number of ether oxygens (including phenoxy) is 1. The first-order chi connectivity index (χ1) is 9.65. The number of hydrogen-bond donors (Lipinski definition) is 1. The molecule has 0 fully saturated rings. The Balaban J connectivity index is 2.52. The first-order valence-electron chi connectivity index (χ1n) is 6.40. The van der Waals surface area contributed by atoms with Crippen LogP contribution in [0, 0.1) is 0 Å². The van der Waals surface area contributed by atoms with E-state index in [0.29, 0.717) is 17.2 Å². The highest BCUT2D eigenvalue weighted by molar-refractivity contribution is 6.30. The summed E-state index contributed by atoms with van der Waals surface area (Å²) in [4.78, 5) is 12.0. The van der Waals surface area contributed by atoms with Gasteiger partial charge in [-0.25, -0.2) is 4.79 Å². The van der Waals surface area contributed by atoms with Gasteiger partial charge in [-0.15, -0.1) is 0 Å². The summed E-state index contributed by atoms with van der Waals surface area (Å²) in [5.41, 5.74) is 3.23. The number of hydrogen-bond acceptors (Lipinski definition) is 3. The van der Waals surface area contributed by atoms with E-state index in [4.69, 9.17) is 16.3 Å². The van der Waals surface area contributed by atoms with Crippen LogP contribution in [0.4, 0.5) is 5.69 Å². The molecule has 20 heavy (non-hydrogen) atoms. The fourth-order valence-electron chi connectivity index (χ4n) is 1.95. The molecule has 0 saturated carbocycles. The van der Waals surface area contributed by atoms with Gasteiger partial charge < -0.3 is 10.1 Å². The summed E-state index contributed by atoms with van der Waals surface area (Å²) < 4.78 is 5.10. The van der Waals surface area contributed by atoms with E-state index in [2.05, 4.69) is 5.32 Å². The van der Waals surface area contributed by atoms with Crippen molar-refractivity contribution < 1.29 is 9.53 Å². The van der Waals surface area contributed by atoms with Crippen LogP contribution in [0.15, 0.2) is 42.5 Å². The third-order valence-electron chi connectivity index (χ3n) is 2.96. The molecule has 0 amide bonds. The summed E-state index contributed by atoms with van der Waals surface area (Å²) in [6, 6.07) is 12.9. The molecule has 0 heterocycles. The van der Waals surface area contributed by atoms with Crippen molar-refractivity contribution in [1.29, 1.82) is 0 Å². The van der Waals surface area contributed by atoms with Crippen molar-refractivity contribution in [2.45, 2.75) is 6.92 Å². The van der Waals surface area contributed by atoms with Gasteiger partial charge in [-0.3, -0.25) is 0 Å². The highest BCUT2D eigenvalue weighted by atomic mass is 35.5. The molecule has 3 nitrogen and oxygen atoms in total. The van der Waals surface area contributed by atoms with E-state index in [1.54, 1.807) is 25.1 Å². The van der Waals surface area contributed by atoms with Crippen LogP contribution in [0.3, 0.4) is 0 Å². The zero-order valence-corrected chi connectivity index (χ0v) is 12.2. The van der Waals surface area contributed by atoms with Crippen LogP contribution in [0.5, 0.6) is 0 Å². The van der Waals surface area contributed by atoms with Crippen molar-refractivity contribution in [3.8, 4) is 11.1 Å². The molecule has 2 rings (SSSR count). The van der Waals surface area contributed by atoms with Crippen LogP contribution < -0.4 is 5.32 Å². The lowest BCUT2D eigenvalue weighted by Gasteiger charge is -2.11. The van der Waals surface area contributed by atoms with Gasteiger partial charge in [-0.05, 0) is 48.4 Å². The Hall–Kier alpha value is -2.00. The second kappa shape index (κ2) is 6.44. The first-order valence-corrected chi connectivity index (χ1v) is 6.78. The molecule has 0 bridgehead atoms. The van der Waals surface area contributed by atoms with Crippen LogP contribution >= 0.6 is 11.6 Å². The summed E-state index contributed by atoms with van der Waals surface area (Å²) in [5, 5.41) is 3.73. The molecule has 0 aliphatic heterocycles. The maximum atomic E-state index is 12.0. The fourth-order valence-corrected chi connectivity index (χ4v) is 2.08. The van der Waals surface area contributed by atoms with E-state index in [-0.39, 0.29) is 5.97 Å². The van der Waals surface area contributed by atoms with Crippen LogP contribution in [0.1, 0.15) is 17.3 Å². The summed E-state index contributed by atoms with van der Waals surface area (Å²) in [7, 11) is 1.84. The molecule has 2 aromatic carbocycles. The molecule has 0 atom stereocenters. The molecule has 0 aromatic heterocycles. The second-order valence-corrected chi connectivity index (χ2v) is 4.67. The van der Waals surface area contributed by atoms with E-state index in [0.717, 1.165) is 16.8 Å². The summed E-state index contributed by atoms with van der Waals surface area (Å²) in [6.45, 7) is 2.15. The highest BCUT2D eigenvalue weighted by Gasteiger charge is 2.14. The molecular formula is C16H16ClNO2. The van der Waals surface area contributed by atoms with Crippen LogP contribution in [0.2, 0.25) is 5.02 Å².